The molecule has 1 fully saturated rings. The van der Waals surface area contributed by atoms with Gasteiger partial charge in [-0.15, -0.1) is 0 Å². The quantitative estimate of drug-likeness (QED) is 0.578. The predicted octanol–water partition coefficient (Wildman–Crippen LogP) is 2.81. The number of hydrogen-bond acceptors (Lipinski definition) is 5. The molecule has 0 spiro atoms. The third-order valence-corrected chi connectivity index (χ3v) is 5.50. The highest BCUT2D eigenvalue weighted by Gasteiger charge is 2.32. The lowest BCUT2D eigenvalue weighted by atomic mass is 9.98. The van der Waals surface area contributed by atoms with Gasteiger partial charge >= 0.3 is 0 Å². The van der Waals surface area contributed by atoms with Crippen molar-refractivity contribution >= 4 is 25.3 Å². The van der Waals surface area contributed by atoms with Crippen LogP contribution in [0.15, 0.2) is 48.5 Å². The maximum absolute atomic E-state index is 13.2. The zero-order chi connectivity index (χ0) is 20.2. The number of amides is 2. The summed E-state index contributed by atoms with van der Waals surface area (Å²) in [6.45, 7) is 2.06. The van der Waals surface area contributed by atoms with Crippen LogP contribution in [0.5, 0.6) is 5.75 Å². The Hall–Kier alpha value is -2.55. The van der Waals surface area contributed by atoms with E-state index in [1.807, 2.05) is 35.2 Å². The fourth-order valence-electron chi connectivity index (χ4n) is 3.87. The topological polar surface area (TPSA) is 88.1 Å². The van der Waals surface area contributed by atoms with Crippen LogP contribution >= 0.6 is 13.5 Å². The Morgan fingerprint density at radius 1 is 1.07 bits per heavy atom. The van der Waals surface area contributed by atoms with E-state index in [2.05, 4.69) is 0 Å². The van der Waals surface area contributed by atoms with Gasteiger partial charge in [0.1, 0.15) is 11.9 Å². The highest BCUT2D eigenvalue weighted by atomic mass is 32.1. The summed E-state index contributed by atoms with van der Waals surface area (Å²) in [6.07, 6.45) is 1.11. The number of benzene rings is 2. The van der Waals surface area contributed by atoms with Crippen molar-refractivity contribution in [2.24, 2.45) is 5.92 Å². The van der Waals surface area contributed by atoms with Gasteiger partial charge in [-0.1, -0.05) is 36.4 Å². The molecule has 0 unspecified atom stereocenters. The van der Waals surface area contributed by atoms with Gasteiger partial charge in [0.2, 0.25) is 5.91 Å². The molecule has 0 radical (unpaired) electrons. The molecule has 7 nitrogen and oxygen atoms in total. The van der Waals surface area contributed by atoms with Crippen LogP contribution < -0.4 is 10.2 Å². The first kappa shape index (κ1) is 22.1. The summed E-state index contributed by atoms with van der Waals surface area (Å²) < 4.78 is 11.7. The molecule has 0 aromatic heterocycles. The van der Waals surface area contributed by atoms with E-state index in [4.69, 9.17) is 14.7 Å². The summed E-state index contributed by atoms with van der Waals surface area (Å²) in [6, 6.07) is 14.7. The number of hydroxylamine groups is 1. The van der Waals surface area contributed by atoms with Crippen molar-refractivity contribution in [3.05, 3.63) is 65.2 Å². The molecule has 8 heteroatoms. The van der Waals surface area contributed by atoms with Crippen molar-refractivity contribution in [1.82, 2.24) is 10.4 Å². The molecule has 2 aliphatic heterocycles. The average molecular weight is 431 g/mol. The second-order valence-electron chi connectivity index (χ2n) is 7.39. The van der Waals surface area contributed by atoms with Gasteiger partial charge in [-0.2, -0.15) is 13.5 Å². The summed E-state index contributed by atoms with van der Waals surface area (Å²) >= 11 is 0. The van der Waals surface area contributed by atoms with Crippen LogP contribution in [0.3, 0.4) is 0 Å². The number of fused-ring (bicyclic) bond motifs is 1. The minimum absolute atomic E-state index is 0. The van der Waals surface area contributed by atoms with E-state index in [0.717, 1.165) is 24.0 Å². The Morgan fingerprint density at radius 3 is 2.50 bits per heavy atom. The minimum atomic E-state index is -0.605. The lowest BCUT2D eigenvalue weighted by molar-refractivity contribution is -0.140. The van der Waals surface area contributed by atoms with Crippen LogP contribution in [0.4, 0.5) is 0 Å². The second kappa shape index (κ2) is 9.97. The Morgan fingerprint density at radius 2 is 1.80 bits per heavy atom. The minimum Gasteiger partial charge on any atom is -0.483 e. The molecule has 2 heterocycles. The SMILES string of the molecule is O=C(NO)c1ccc2c(c1)O[C@@H](c1ccccc1)CN(C(=O)C1CCOCC1)C2.S. The summed E-state index contributed by atoms with van der Waals surface area (Å²) in [4.78, 5) is 26.9. The van der Waals surface area contributed by atoms with Gasteiger partial charge in [-0.25, -0.2) is 5.48 Å². The molecule has 160 valence electrons. The number of nitrogens with one attached hydrogen (secondary N) is 1. The maximum Gasteiger partial charge on any atom is 0.274 e. The van der Waals surface area contributed by atoms with E-state index in [-0.39, 0.29) is 31.4 Å². The molecular formula is C22H26N2O5S. The molecule has 0 bridgehead atoms. The van der Waals surface area contributed by atoms with Crippen LogP contribution in [-0.4, -0.2) is 41.7 Å². The van der Waals surface area contributed by atoms with E-state index in [9.17, 15) is 9.59 Å². The molecule has 2 N–H and O–H groups in total. The van der Waals surface area contributed by atoms with Gasteiger partial charge in [0.15, 0.2) is 0 Å². The standard InChI is InChI=1S/C22H24N2O5.H2S/c25-21(23-27)17-6-7-18-13-24(22(26)16-8-10-28-11-9-16)14-20(29-19(18)12-17)15-4-2-1-3-5-15;/h1-7,12,16,20,27H,8-11,13-14H2,(H,23,25);1H2/t20-;/m1./s1. The molecule has 0 saturated carbocycles. The average Bonchev–Trinajstić information content (AvgIpc) is 2.98. The van der Waals surface area contributed by atoms with Gasteiger partial charge in [0.25, 0.3) is 5.91 Å². The third-order valence-electron chi connectivity index (χ3n) is 5.50. The fourth-order valence-corrected chi connectivity index (χ4v) is 3.87. The van der Waals surface area contributed by atoms with E-state index in [1.165, 1.54) is 0 Å². The van der Waals surface area contributed by atoms with E-state index < -0.39 is 5.91 Å². The molecule has 2 aromatic rings. The van der Waals surface area contributed by atoms with E-state index in [0.29, 0.717) is 37.6 Å². The Kier molecular flexibility index (Phi) is 7.36. The number of carbonyl (C=O) groups excluding carboxylic acids is 2. The summed E-state index contributed by atoms with van der Waals surface area (Å²) in [5.74, 6) is 0.0123. The van der Waals surface area contributed by atoms with E-state index in [1.54, 1.807) is 23.7 Å². The van der Waals surface area contributed by atoms with Crippen LogP contribution in [0.25, 0.3) is 0 Å². The maximum atomic E-state index is 13.2. The summed E-state index contributed by atoms with van der Waals surface area (Å²) in [7, 11) is 0. The van der Waals surface area contributed by atoms with Crippen molar-refractivity contribution < 1.29 is 24.3 Å². The molecule has 0 aliphatic carbocycles. The first-order chi connectivity index (χ1) is 14.2. The van der Waals surface area contributed by atoms with Crippen molar-refractivity contribution in [1.29, 1.82) is 0 Å². The van der Waals surface area contributed by atoms with Gasteiger partial charge in [0, 0.05) is 36.8 Å². The summed E-state index contributed by atoms with van der Waals surface area (Å²) in [5, 5.41) is 8.93. The number of ether oxygens (including phenoxy) is 2. The highest BCUT2D eigenvalue weighted by Crippen LogP contribution is 2.33. The predicted molar refractivity (Wildman–Crippen MR) is 115 cm³/mol. The Balaban J connectivity index is 0.00000256. The zero-order valence-corrected chi connectivity index (χ0v) is 17.5. The molecule has 2 aromatic carbocycles. The molecular weight excluding hydrogens is 404 g/mol. The monoisotopic (exact) mass is 430 g/mol. The molecule has 4 rings (SSSR count). The van der Waals surface area contributed by atoms with Crippen molar-refractivity contribution in [2.45, 2.75) is 25.5 Å². The first-order valence-corrected chi connectivity index (χ1v) is 9.81. The fraction of sp³-hybridized carbons (Fsp3) is 0.364. The smallest absolute Gasteiger partial charge is 0.274 e. The number of carbonyl (C=O) groups is 2. The van der Waals surface area contributed by atoms with Crippen LogP contribution in [0.1, 0.15) is 40.4 Å². The Bertz CT molecular complexity index is 886. The van der Waals surface area contributed by atoms with Gasteiger partial charge < -0.3 is 14.4 Å². The number of nitrogens with zero attached hydrogens (tertiary/aromatic N) is 1. The van der Waals surface area contributed by atoms with Gasteiger partial charge in [0.05, 0.1) is 6.54 Å². The first-order valence-electron chi connectivity index (χ1n) is 9.81. The molecule has 30 heavy (non-hydrogen) atoms. The second-order valence-corrected chi connectivity index (χ2v) is 7.39. The number of rotatable bonds is 3. The van der Waals surface area contributed by atoms with Crippen LogP contribution in [0.2, 0.25) is 0 Å². The number of hydrogen-bond donors (Lipinski definition) is 2. The van der Waals surface area contributed by atoms with Gasteiger partial charge in [-0.3, -0.25) is 14.8 Å². The molecule has 1 atom stereocenters. The normalized spacial score (nSPS) is 19.0. The third kappa shape index (κ3) is 4.77. The summed E-state index contributed by atoms with van der Waals surface area (Å²) in [5.41, 5.74) is 3.73. The van der Waals surface area contributed by atoms with Crippen LogP contribution in [-0.2, 0) is 16.1 Å². The highest BCUT2D eigenvalue weighted by molar-refractivity contribution is 7.59. The largest absolute Gasteiger partial charge is 0.483 e. The van der Waals surface area contributed by atoms with Crippen molar-refractivity contribution in [3.8, 4) is 5.75 Å². The molecule has 2 amide bonds. The van der Waals surface area contributed by atoms with E-state index >= 15 is 0 Å². The van der Waals surface area contributed by atoms with Crippen LogP contribution in [0, 0.1) is 5.92 Å². The Labute approximate surface area is 182 Å². The van der Waals surface area contributed by atoms with Crippen molar-refractivity contribution in [3.63, 3.8) is 0 Å². The molecule has 1 saturated heterocycles. The zero-order valence-electron chi connectivity index (χ0n) is 16.5. The van der Waals surface area contributed by atoms with Gasteiger partial charge in [-0.05, 0) is 30.5 Å². The lowest BCUT2D eigenvalue weighted by Gasteiger charge is -2.30. The van der Waals surface area contributed by atoms with Crippen molar-refractivity contribution in [2.75, 3.05) is 19.8 Å². The lowest BCUT2D eigenvalue weighted by Crippen LogP contribution is -2.40. The molecule has 2 aliphatic rings.